The molecule has 0 saturated carbocycles. The first-order chi connectivity index (χ1) is 13.3. The van der Waals surface area contributed by atoms with Crippen molar-refractivity contribution in [1.29, 1.82) is 0 Å². The fourth-order valence-corrected chi connectivity index (χ4v) is 3.09. The van der Waals surface area contributed by atoms with Crippen molar-refractivity contribution in [2.45, 2.75) is 12.6 Å². The van der Waals surface area contributed by atoms with Gasteiger partial charge in [0.1, 0.15) is 5.82 Å². The predicted octanol–water partition coefficient (Wildman–Crippen LogP) is 2.77. The van der Waals surface area contributed by atoms with Crippen molar-refractivity contribution in [2.75, 3.05) is 31.7 Å². The molecule has 0 aliphatic carbocycles. The number of hydrogen-bond donors (Lipinski definition) is 1. The summed E-state index contributed by atoms with van der Waals surface area (Å²) in [6.45, 7) is 1.09. The van der Waals surface area contributed by atoms with Crippen LogP contribution in [0.2, 0.25) is 0 Å². The minimum Gasteiger partial charge on any atom is -0.355 e. The lowest BCUT2D eigenvalue weighted by Gasteiger charge is -2.36. The number of carbonyl (C=O) groups excluding carboxylic acids is 2. The van der Waals surface area contributed by atoms with Gasteiger partial charge in [0.25, 0.3) is 11.8 Å². The van der Waals surface area contributed by atoms with Crippen LogP contribution in [0.5, 0.6) is 0 Å². The van der Waals surface area contributed by atoms with Crippen LogP contribution in [0.1, 0.15) is 32.7 Å². The highest BCUT2D eigenvalue weighted by atomic mass is 19.4. The number of benzene rings is 1. The first kappa shape index (κ1) is 19.7. The van der Waals surface area contributed by atoms with Crippen molar-refractivity contribution >= 4 is 17.6 Å². The van der Waals surface area contributed by atoms with E-state index >= 15 is 0 Å². The first-order valence-corrected chi connectivity index (χ1v) is 8.70. The summed E-state index contributed by atoms with van der Waals surface area (Å²) >= 11 is 0. The summed E-state index contributed by atoms with van der Waals surface area (Å²) in [7, 11) is 1.52. The number of aromatic nitrogens is 1. The first-order valence-electron chi connectivity index (χ1n) is 8.70. The van der Waals surface area contributed by atoms with Gasteiger partial charge in [0, 0.05) is 26.3 Å². The lowest BCUT2D eigenvalue weighted by molar-refractivity contribution is -0.138. The largest absolute Gasteiger partial charge is 0.417 e. The van der Waals surface area contributed by atoms with Gasteiger partial charge < -0.3 is 15.1 Å². The normalized spacial score (nSPS) is 14.7. The summed E-state index contributed by atoms with van der Waals surface area (Å²) in [5.41, 5.74) is -0.903. The molecule has 1 aromatic heterocycles. The van der Waals surface area contributed by atoms with E-state index in [4.69, 9.17) is 0 Å². The third-order valence-electron chi connectivity index (χ3n) is 4.51. The van der Waals surface area contributed by atoms with E-state index in [-0.39, 0.29) is 18.1 Å². The van der Waals surface area contributed by atoms with E-state index in [1.165, 1.54) is 36.3 Å². The molecule has 0 unspecified atom stereocenters. The van der Waals surface area contributed by atoms with E-state index in [0.29, 0.717) is 30.9 Å². The van der Waals surface area contributed by atoms with Gasteiger partial charge in [-0.15, -0.1) is 0 Å². The molecule has 0 radical (unpaired) electrons. The van der Waals surface area contributed by atoms with Crippen LogP contribution in [-0.2, 0) is 6.18 Å². The predicted molar refractivity (Wildman–Crippen MR) is 96.9 cm³/mol. The van der Waals surface area contributed by atoms with Crippen LogP contribution in [0.15, 0.2) is 42.6 Å². The molecule has 1 N–H and O–H groups in total. The van der Waals surface area contributed by atoms with Crippen LogP contribution in [0.3, 0.4) is 0 Å². The Bertz CT molecular complexity index is 868. The minimum absolute atomic E-state index is 0.122. The molecule has 0 bridgehead atoms. The lowest BCUT2D eigenvalue weighted by Crippen LogP contribution is -2.48. The third kappa shape index (κ3) is 4.08. The molecule has 6 nitrogen and oxygen atoms in total. The molecule has 2 aromatic rings. The molecule has 1 saturated heterocycles. The van der Waals surface area contributed by atoms with Gasteiger partial charge in [0.2, 0.25) is 0 Å². The van der Waals surface area contributed by atoms with Crippen LogP contribution >= 0.6 is 0 Å². The number of nitrogens with zero attached hydrogens (tertiary/aromatic N) is 3. The second-order valence-electron chi connectivity index (χ2n) is 6.35. The Morgan fingerprint density at radius 3 is 2.50 bits per heavy atom. The lowest BCUT2D eigenvalue weighted by atomic mass is 10.1. The molecule has 1 fully saturated rings. The maximum absolute atomic E-state index is 13.2. The Hall–Kier alpha value is -3.10. The van der Waals surface area contributed by atoms with Gasteiger partial charge in [-0.25, -0.2) is 4.98 Å². The zero-order valence-electron chi connectivity index (χ0n) is 15.2. The van der Waals surface area contributed by atoms with Crippen molar-refractivity contribution < 1.29 is 22.8 Å². The SMILES string of the molecule is CNC(=O)c1ccc(N2CCCN(C(=O)c3ccccc3C(F)(F)F)C2)nc1. The highest BCUT2D eigenvalue weighted by molar-refractivity contribution is 5.96. The number of rotatable bonds is 3. The summed E-state index contributed by atoms with van der Waals surface area (Å²) < 4.78 is 39.7. The number of pyridine rings is 1. The number of anilines is 1. The van der Waals surface area contributed by atoms with Crippen molar-refractivity contribution in [1.82, 2.24) is 15.2 Å². The second-order valence-corrected chi connectivity index (χ2v) is 6.35. The van der Waals surface area contributed by atoms with Crippen LogP contribution in [0.4, 0.5) is 19.0 Å². The van der Waals surface area contributed by atoms with Crippen molar-refractivity contribution in [3.05, 3.63) is 59.3 Å². The molecule has 1 aliphatic rings. The fraction of sp³-hybridized carbons (Fsp3) is 0.316. The van der Waals surface area contributed by atoms with Gasteiger partial charge in [-0.1, -0.05) is 12.1 Å². The Kier molecular flexibility index (Phi) is 5.53. The molecular weight excluding hydrogens is 373 g/mol. The van der Waals surface area contributed by atoms with Crippen molar-refractivity contribution in [2.24, 2.45) is 0 Å². The van der Waals surface area contributed by atoms with E-state index in [0.717, 1.165) is 6.07 Å². The van der Waals surface area contributed by atoms with Gasteiger partial charge in [0.05, 0.1) is 23.4 Å². The standard InChI is InChI=1S/C19H19F3N4O2/c1-23-17(27)13-7-8-16(24-11-13)25-9-4-10-26(12-25)18(28)14-5-2-3-6-15(14)19(20,21)22/h2-3,5-8,11H,4,9-10,12H2,1H3,(H,23,27). The number of carbonyl (C=O) groups is 2. The van der Waals surface area contributed by atoms with Crippen LogP contribution in [-0.4, -0.2) is 48.5 Å². The average Bonchev–Trinajstić information content (AvgIpc) is 2.72. The Labute approximate surface area is 160 Å². The Balaban J connectivity index is 1.79. The van der Waals surface area contributed by atoms with Crippen molar-refractivity contribution in [3.63, 3.8) is 0 Å². The van der Waals surface area contributed by atoms with Crippen LogP contribution in [0, 0.1) is 0 Å². The zero-order chi connectivity index (χ0) is 20.3. The molecule has 1 aromatic carbocycles. The summed E-state index contributed by atoms with van der Waals surface area (Å²) in [5, 5.41) is 2.50. The number of amides is 2. The maximum Gasteiger partial charge on any atom is 0.417 e. The van der Waals surface area contributed by atoms with Crippen molar-refractivity contribution in [3.8, 4) is 0 Å². The van der Waals surface area contributed by atoms with Crippen LogP contribution in [0.25, 0.3) is 0 Å². The third-order valence-corrected chi connectivity index (χ3v) is 4.51. The molecule has 148 valence electrons. The topological polar surface area (TPSA) is 65.5 Å². The number of alkyl halides is 3. The van der Waals surface area contributed by atoms with Gasteiger partial charge in [0.15, 0.2) is 0 Å². The average molecular weight is 392 g/mol. The zero-order valence-corrected chi connectivity index (χ0v) is 15.2. The maximum atomic E-state index is 13.2. The van der Waals surface area contributed by atoms with Gasteiger partial charge >= 0.3 is 6.18 Å². The fourth-order valence-electron chi connectivity index (χ4n) is 3.09. The minimum atomic E-state index is -4.60. The summed E-state index contributed by atoms with van der Waals surface area (Å²) in [4.78, 5) is 31.8. The summed E-state index contributed by atoms with van der Waals surface area (Å²) in [6, 6.07) is 8.06. The molecule has 2 heterocycles. The monoisotopic (exact) mass is 392 g/mol. The molecule has 1 aliphatic heterocycles. The summed E-state index contributed by atoms with van der Waals surface area (Å²) in [6.07, 6.45) is -2.58. The molecule has 9 heteroatoms. The summed E-state index contributed by atoms with van der Waals surface area (Å²) in [5.74, 6) is -0.382. The molecule has 2 amide bonds. The molecular formula is C19H19F3N4O2. The molecule has 3 rings (SSSR count). The number of hydrogen-bond acceptors (Lipinski definition) is 4. The smallest absolute Gasteiger partial charge is 0.355 e. The number of nitrogens with one attached hydrogen (secondary N) is 1. The molecule has 28 heavy (non-hydrogen) atoms. The Morgan fingerprint density at radius 1 is 1.11 bits per heavy atom. The van der Waals surface area contributed by atoms with Gasteiger partial charge in [-0.2, -0.15) is 13.2 Å². The van der Waals surface area contributed by atoms with E-state index in [1.807, 2.05) is 0 Å². The molecule has 0 atom stereocenters. The van der Waals surface area contributed by atoms with Crippen LogP contribution < -0.4 is 10.2 Å². The van der Waals surface area contributed by atoms with E-state index in [1.54, 1.807) is 17.0 Å². The second kappa shape index (κ2) is 7.87. The number of halogens is 3. The highest BCUT2D eigenvalue weighted by Gasteiger charge is 2.36. The van der Waals surface area contributed by atoms with E-state index in [9.17, 15) is 22.8 Å². The van der Waals surface area contributed by atoms with E-state index in [2.05, 4.69) is 10.3 Å². The molecule has 0 spiro atoms. The van der Waals surface area contributed by atoms with Gasteiger partial charge in [-0.3, -0.25) is 9.59 Å². The van der Waals surface area contributed by atoms with E-state index < -0.39 is 17.6 Å². The van der Waals surface area contributed by atoms with Gasteiger partial charge in [-0.05, 0) is 30.7 Å². The Morgan fingerprint density at radius 2 is 1.86 bits per heavy atom. The quantitative estimate of drug-likeness (QED) is 0.873. The highest BCUT2D eigenvalue weighted by Crippen LogP contribution is 2.32.